The van der Waals surface area contributed by atoms with Crippen molar-refractivity contribution in [1.82, 2.24) is 9.55 Å². The van der Waals surface area contributed by atoms with Crippen molar-refractivity contribution < 1.29 is 0 Å². The van der Waals surface area contributed by atoms with Gasteiger partial charge in [0.15, 0.2) is 0 Å². The molecule has 62 valence electrons. The minimum absolute atomic E-state index is 0.647. The summed E-state index contributed by atoms with van der Waals surface area (Å²) in [5, 5.41) is 0. The molecule has 1 aromatic rings. The van der Waals surface area contributed by atoms with Gasteiger partial charge in [-0.2, -0.15) is 0 Å². The van der Waals surface area contributed by atoms with E-state index in [0.29, 0.717) is 13.1 Å². The molecular formula is C7H14N4. The first-order chi connectivity index (χ1) is 5.38. The van der Waals surface area contributed by atoms with Gasteiger partial charge in [-0.05, 0) is 6.54 Å². The lowest BCUT2D eigenvalue weighted by molar-refractivity contribution is 0.668. The van der Waals surface area contributed by atoms with E-state index in [4.69, 9.17) is 11.5 Å². The Morgan fingerprint density at radius 1 is 1.36 bits per heavy atom. The maximum absolute atomic E-state index is 5.41. The lowest BCUT2D eigenvalue weighted by Crippen LogP contribution is -2.13. The summed E-state index contributed by atoms with van der Waals surface area (Å²) >= 11 is 0. The summed E-state index contributed by atoms with van der Waals surface area (Å²) < 4.78 is 2.03. The Balaban J connectivity index is 2.62. The number of nitrogens with two attached hydrogens (primary N) is 2. The fourth-order valence-corrected chi connectivity index (χ4v) is 1.04. The van der Waals surface area contributed by atoms with Crippen molar-refractivity contribution in [2.24, 2.45) is 11.5 Å². The van der Waals surface area contributed by atoms with E-state index in [2.05, 4.69) is 4.98 Å². The van der Waals surface area contributed by atoms with E-state index < -0.39 is 0 Å². The highest BCUT2D eigenvalue weighted by atomic mass is 15.0. The second-order valence-electron chi connectivity index (χ2n) is 2.41. The van der Waals surface area contributed by atoms with Crippen molar-refractivity contribution in [3.8, 4) is 0 Å². The van der Waals surface area contributed by atoms with Gasteiger partial charge in [-0.15, -0.1) is 0 Å². The Labute approximate surface area is 66.2 Å². The van der Waals surface area contributed by atoms with Gasteiger partial charge in [0, 0.05) is 31.4 Å². The van der Waals surface area contributed by atoms with E-state index in [0.717, 1.165) is 18.7 Å². The van der Waals surface area contributed by atoms with Gasteiger partial charge in [-0.25, -0.2) is 4.98 Å². The van der Waals surface area contributed by atoms with Gasteiger partial charge in [0.1, 0.15) is 0 Å². The van der Waals surface area contributed by atoms with E-state index in [1.807, 2.05) is 10.8 Å². The van der Waals surface area contributed by atoms with E-state index in [1.165, 1.54) is 0 Å². The van der Waals surface area contributed by atoms with Crippen LogP contribution in [0.4, 0.5) is 0 Å². The average molecular weight is 154 g/mol. The molecule has 1 aromatic heterocycles. The first kappa shape index (κ1) is 8.23. The Morgan fingerprint density at radius 3 is 2.82 bits per heavy atom. The molecule has 0 spiro atoms. The summed E-state index contributed by atoms with van der Waals surface area (Å²) in [6.07, 6.45) is 4.50. The van der Waals surface area contributed by atoms with Crippen molar-refractivity contribution in [1.29, 1.82) is 0 Å². The zero-order valence-corrected chi connectivity index (χ0v) is 6.53. The number of imidazole rings is 1. The normalized spacial score (nSPS) is 10.4. The molecule has 0 saturated heterocycles. The molecule has 0 fully saturated rings. The van der Waals surface area contributed by atoms with Gasteiger partial charge in [-0.3, -0.25) is 0 Å². The van der Waals surface area contributed by atoms with Crippen molar-refractivity contribution in [3.63, 3.8) is 0 Å². The van der Waals surface area contributed by atoms with E-state index in [1.54, 1.807) is 6.33 Å². The van der Waals surface area contributed by atoms with E-state index >= 15 is 0 Å². The van der Waals surface area contributed by atoms with Crippen LogP contribution in [-0.2, 0) is 13.0 Å². The minimum Gasteiger partial charge on any atom is -0.333 e. The highest BCUT2D eigenvalue weighted by Gasteiger charge is 1.98. The molecule has 0 aliphatic carbocycles. The molecule has 0 amide bonds. The molecule has 0 bridgehead atoms. The molecule has 0 atom stereocenters. The highest BCUT2D eigenvalue weighted by Crippen LogP contribution is 1.98. The zero-order chi connectivity index (χ0) is 8.10. The Bertz CT molecular complexity index is 185. The molecule has 1 rings (SSSR count). The van der Waals surface area contributed by atoms with Crippen LogP contribution in [-0.4, -0.2) is 22.6 Å². The van der Waals surface area contributed by atoms with Crippen molar-refractivity contribution in [2.45, 2.75) is 13.0 Å². The molecule has 0 radical (unpaired) electrons. The number of hydrogen-bond donors (Lipinski definition) is 2. The average Bonchev–Trinajstić information content (AvgIpc) is 2.39. The Kier molecular flexibility index (Phi) is 3.07. The SMILES string of the molecule is NCCc1cncn1CCN. The van der Waals surface area contributed by atoms with Crippen LogP contribution in [0.3, 0.4) is 0 Å². The first-order valence-electron chi connectivity index (χ1n) is 3.77. The fourth-order valence-electron chi connectivity index (χ4n) is 1.04. The summed E-state index contributed by atoms with van der Waals surface area (Å²) in [5.41, 5.74) is 12.0. The Morgan fingerprint density at radius 2 is 2.18 bits per heavy atom. The second-order valence-corrected chi connectivity index (χ2v) is 2.41. The Hall–Kier alpha value is -0.870. The monoisotopic (exact) mass is 154 g/mol. The van der Waals surface area contributed by atoms with Gasteiger partial charge in [0.05, 0.1) is 6.33 Å². The molecular weight excluding hydrogens is 140 g/mol. The molecule has 0 saturated carbocycles. The number of nitrogens with zero attached hydrogens (tertiary/aromatic N) is 2. The predicted octanol–water partition coefficient (Wildman–Crippen LogP) is -0.657. The quantitative estimate of drug-likeness (QED) is 0.605. The van der Waals surface area contributed by atoms with Crippen molar-refractivity contribution >= 4 is 0 Å². The minimum atomic E-state index is 0.647. The topological polar surface area (TPSA) is 69.9 Å². The van der Waals surface area contributed by atoms with E-state index in [-0.39, 0.29) is 0 Å². The van der Waals surface area contributed by atoms with Gasteiger partial charge in [0.25, 0.3) is 0 Å². The third-order valence-corrected chi connectivity index (χ3v) is 1.57. The molecule has 0 aliphatic rings. The highest BCUT2D eigenvalue weighted by molar-refractivity contribution is 4.98. The summed E-state index contributed by atoms with van der Waals surface area (Å²) in [4.78, 5) is 4.01. The van der Waals surface area contributed by atoms with Crippen LogP contribution in [0.25, 0.3) is 0 Å². The van der Waals surface area contributed by atoms with Crippen LogP contribution < -0.4 is 11.5 Å². The van der Waals surface area contributed by atoms with Crippen LogP contribution >= 0.6 is 0 Å². The molecule has 4 heteroatoms. The molecule has 1 heterocycles. The largest absolute Gasteiger partial charge is 0.333 e. The van der Waals surface area contributed by atoms with Gasteiger partial charge < -0.3 is 16.0 Å². The van der Waals surface area contributed by atoms with Crippen LogP contribution in [0.5, 0.6) is 0 Å². The molecule has 4 nitrogen and oxygen atoms in total. The predicted molar refractivity (Wildman–Crippen MR) is 44.0 cm³/mol. The van der Waals surface area contributed by atoms with Gasteiger partial charge in [0.2, 0.25) is 0 Å². The van der Waals surface area contributed by atoms with Crippen LogP contribution in [0, 0.1) is 0 Å². The zero-order valence-electron chi connectivity index (χ0n) is 6.53. The van der Waals surface area contributed by atoms with E-state index in [9.17, 15) is 0 Å². The lowest BCUT2D eigenvalue weighted by Gasteiger charge is -2.03. The summed E-state index contributed by atoms with van der Waals surface area (Å²) in [7, 11) is 0. The standard InChI is InChI=1S/C7H14N4/c8-2-1-7-5-10-6-11(7)4-3-9/h5-6H,1-4,8-9H2. The number of rotatable bonds is 4. The van der Waals surface area contributed by atoms with Crippen molar-refractivity contribution in [3.05, 3.63) is 18.2 Å². The number of hydrogen-bond acceptors (Lipinski definition) is 3. The first-order valence-corrected chi connectivity index (χ1v) is 3.77. The second kappa shape index (κ2) is 4.10. The maximum atomic E-state index is 5.41. The summed E-state index contributed by atoms with van der Waals surface area (Å²) in [6, 6.07) is 0. The maximum Gasteiger partial charge on any atom is 0.0948 e. The van der Waals surface area contributed by atoms with Crippen LogP contribution in [0.1, 0.15) is 5.69 Å². The lowest BCUT2D eigenvalue weighted by atomic mass is 10.3. The molecule has 0 aromatic carbocycles. The molecule has 0 aliphatic heterocycles. The summed E-state index contributed by atoms with van der Waals surface area (Å²) in [5.74, 6) is 0. The van der Waals surface area contributed by atoms with Crippen molar-refractivity contribution in [2.75, 3.05) is 13.1 Å². The van der Waals surface area contributed by atoms with Crippen LogP contribution in [0.2, 0.25) is 0 Å². The third kappa shape index (κ3) is 2.03. The summed E-state index contributed by atoms with van der Waals surface area (Å²) in [6.45, 7) is 2.14. The number of aromatic nitrogens is 2. The third-order valence-electron chi connectivity index (χ3n) is 1.57. The molecule has 11 heavy (non-hydrogen) atoms. The van der Waals surface area contributed by atoms with Gasteiger partial charge >= 0.3 is 0 Å². The smallest absolute Gasteiger partial charge is 0.0948 e. The fraction of sp³-hybridized carbons (Fsp3) is 0.571. The van der Waals surface area contributed by atoms with Gasteiger partial charge in [-0.1, -0.05) is 0 Å². The molecule has 4 N–H and O–H groups in total. The van der Waals surface area contributed by atoms with Crippen LogP contribution in [0.15, 0.2) is 12.5 Å². The molecule has 0 unspecified atom stereocenters.